The highest BCUT2D eigenvalue weighted by Gasteiger charge is 2.10. The monoisotopic (exact) mass is 314 g/mol. The first-order chi connectivity index (χ1) is 8.41. The number of halogens is 1. The van der Waals surface area contributed by atoms with Gasteiger partial charge in [0.15, 0.2) is 0 Å². The number of primary amides is 1. The largest absolute Gasteiger partial charge is 0.481 e. The van der Waals surface area contributed by atoms with Gasteiger partial charge in [0, 0.05) is 16.7 Å². The van der Waals surface area contributed by atoms with Gasteiger partial charge in [0.2, 0.25) is 5.91 Å². The lowest BCUT2D eigenvalue weighted by Crippen LogP contribution is -2.15. The molecule has 6 heteroatoms. The molecule has 98 valence electrons. The van der Waals surface area contributed by atoms with Gasteiger partial charge in [-0.2, -0.15) is 0 Å². The van der Waals surface area contributed by atoms with Crippen molar-refractivity contribution in [2.45, 2.75) is 13.3 Å². The van der Waals surface area contributed by atoms with Gasteiger partial charge in [-0.3, -0.25) is 9.59 Å². The molecular formula is C12H15BrN2O3. The third-order valence-electron chi connectivity index (χ3n) is 2.56. The summed E-state index contributed by atoms with van der Waals surface area (Å²) >= 11 is 3.26. The lowest BCUT2D eigenvalue weighted by molar-refractivity contribution is -0.141. The van der Waals surface area contributed by atoms with E-state index in [-0.39, 0.29) is 5.92 Å². The van der Waals surface area contributed by atoms with Crippen LogP contribution in [0.5, 0.6) is 0 Å². The van der Waals surface area contributed by atoms with E-state index in [0.717, 1.165) is 5.69 Å². The van der Waals surface area contributed by atoms with Crippen LogP contribution in [0.1, 0.15) is 23.7 Å². The highest BCUT2D eigenvalue weighted by atomic mass is 79.9. The second-order valence-corrected chi connectivity index (χ2v) is 4.87. The molecule has 0 bridgehead atoms. The molecule has 0 saturated carbocycles. The molecule has 4 N–H and O–H groups in total. The average Bonchev–Trinajstić information content (AvgIpc) is 2.28. The van der Waals surface area contributed by atoms with Crippen molar-refractivity contribution in [3.05, 3.63) is 28.2 Å². The highest BCUT2D eigenvalue weighted by molar-refractivity contribution is 9.10. The summed E-state index contributed by atoms with van der Waals surface area (Å²) in [5, 5.41) is 11.8. The molecule has 0 heterocycles. The van der Waals surface area contributed by atoms with Crippen LogP contribution in [0, 0.1) is 5.92 Å². The summed E-state index contributed by atoms with van der Waals surface area (Å²) in [6.07, 6.45) is 0.532. The molecule has 5 nitrogen and oxygen atoms in total. The number of aliphatic carboxylic acids is 1. The SMILES string of the molecule is CC(CCNc1ccc(C(N)=O)c(Br)c1)C(=O)O. The summed E-state index contributed by atoms with van der Waals surface area (Å²) in [6, 6.07) is 5.09. The molecule has 18 heavy (non-hydrogen) atoms. The Morgan fingerprint density at radius 2 is 2.17 bits per heavy atom. The van der Waals surface area contributed by atoms with Crippen LogP contribution >= 0.6 is 15.9 Å². The first-order valence-electron chi connectivity index (χ1n) is 5.48. The maximum Gasteiger partial charge on any atom is 0.306 e. The molecule has 0 saturated heterocycles. The smallest absolute Gasteiger partial charge is 0.306 e. The quantitative estimate of drug-likeness (QED) is 0.749. The maximum atomic E-state index is 11.0. The fourth-order valence-electron chi connectivity index (χ4n) is 1.38. The van der Waals surface area contributed by atoms with Crippen LogP contribution in [-0.2, 0) is 4.79 Å². The van der Waals surface area contributed by atoms with Crippen LogP contribution in [0.25, 0.3) is 0 Å². The predicted molar refractivity (Wildman–Crippen MR) is 72.6 cm³/mol. The highest BCUT2D eigenvalue weighted by Crippen LogP contribution is 2.21. The topological polar surface area (TPSA) is 92.4 Å². The molecule has 0 aliphatic rings. The Morgan fingerprint density at radius 1 is 1.50 bits per heavy atom. The van der Waals surface area contributed by atoms with E-state index in [4.69, 9.17) is 10.8 Å². The molecule has 1 aromatic carbocycles. The molecule has 1 unspecified atom stereocenters. The molecule has 1 rings (SSSR count). The fraction of sp³-hybridized carbons (Fsp3) is 0.333. The van der Waals surface area contributed by atoms with E-state index in [1.807, 2.05) is 0 Å². The number of amides is 1. The number of hydrogen-bond donors (Lipinski definition) is 3. The van der Waals surface area contributed by atoms with Crippen LogP contribution in [0.3, 0.4) is 0 Å². The Balaban J connectivity index is 2.56. The van der Waals surface area contributed by atoms with Gasteiger partial charge in [0.25, 0.3) is 0 Å². The Morgan fingerprint density at radius 3 is 2.67 bits per heavy atom. The summed E-state index contributed by atoms with van der Waals surface area (Å²) in [5.74, 6) is -1.68. The second-order valence-electron chi connectivity index (χ2n) is 4.01. The molecule has 0 spiro atoms. The van der Waals surface area contributed by atoms with Gasteiger partial charge >= 0.3 is 5.97 Å². The number of nitrogens with one attached hydrogen (secondary N) is 1. The molecule has 1 aromatic rings. The summed E-state index contributed by atoms with van der Waals surface area (Å²) in [6.45, 7) is 2.21. The van der Waals surface area contributed by atoms with Crippen molar-refractivity contribution in [2.24, 2.45) is 11.7 Å². The van der Waals surface area contributed by atoms with E-state index in [1.165, 1.54) is 0 Å². The van der Waals surface area contributed by atoms with Gasteiger partial charge in [-0.15, -0.1) is 0 Å². The third kappa shape index (κ3) is 4.03. The lowest BCUT2D eigenvalue weighted by Gasteiger charge is -2.10. The Bertz CT molecular complexity index is 463. The van der Waals surface area contributed by atoms with Crippen molar-refractivity contribution >= 4 is 33.5 Å². The van der Waals surface area contributed by atoms with E-state index >= 15 is 0 Å². The normalized spacial score (nSPS) is 11.9. The number of carboxylic acids is 1. The molecule has 0 aromatic heterocycles. The first kappa shape index (κ1) is 14.5. The number of anilines is 1. The number of carboxylic acid groups (broad SMARTS) is 1. The number of carbonyl (C=O) groups excluding carboxylic acids is 1. The number of benzene rings is 1. The zero-order chi connectivity index (χ0) is 13.7. The van der Waals surface area contributed by atoms with Crippen molar-refractivity contribution < 1.29 is 14.7 Å². The molecule has 0 aliphatic carbocycles. The van der Waals surface area contributed by atoms with E-state index in [2.05, 4.69) is 21.2 Å². The maximum absolute atomic E-state index is 11.0. The first-order valence-corrected chi connectivity index (χ1v) is 6.27. The van der Waals surface area contributed by atoms with Gasteiger partial charge in [0.1, 0.15) is 0 Å². The average molecular weight is 315 g/mol. The molecule has 0 radical (unpaired) electrons. The molecular weight excluding hydrogens is 300 g/mol. The lowest BCUT2D eigenvalue weighted by atomic mass is 10.1. The molecule has 0 aliphatic heterocycles. The van der Waals surface area contributed by atoms with Crippen LogP contribution < -0.4 is 11.1 Å². The summed E-state index contributed by atoms with van der Waals surface area (Å²) in [5.41, 5.74) is 6.41. The zero-order valence-corrected chi connectivity index (χ0v) is 11.5. The van der Waals surface area contributed by atoms with Crippen molar-refractivity contribution in [1.82, 2.24) is 0 Å². The van der Waals surface area contributed by atoms with E-state index in [9.17, 15) is 9.59 Å². The van der Waals surface area contributed by atoms with Crippen LogP contribution in [0.4, 0.5) is 5.69 Å². The minimum Gasteiger partial charge on any atom is -0.481 e. The van der Waals surface area contributed by atoms with Crippen molar-refractivity contribution in [3.63, 3.8) is 0 Å². The number of rotatable bonds is 6. The Labute approximate surface area is 113 Å². The standard InChI is InChI=1S/C12H15BrN2O3/c1-7(12(17)18)4-5-15-8-2-3-9(11(14)16)10(13)6-8/h2-3,6-7,15H,4-5H2,1H3,(H2,14,16)(H,17,18). The van der Waals surface area contributed by atoms with E-state index < -0.39 is 11.9 Å². The van der Waals surface area contributed by atoms with Gasteiger partial charge in [0.05, 0.1) is 11.5 Å². The third-order valence-corrected chi connectivity index (χ3v) is 3.22. The van der Waals surface area contributed by atoms with Crippen LogP contribution in [0.15, 0.2) is 22.7 Å². The van der Waals surface area contributed by atoms with Gasteiger partial charge in [-0.25, -0.2) is 0 Å². The van der Waals surface area contributed by atoms with Crippen LogP contribution in [-0.4, -0.2) is 23.5 Å². The molecule has 1 amide bonds. The van der Waals surface area contributed by atoms with Crippen molar-refractivity contribution in [2.75, 3.05) is 11.9 Å². The molecule has 1 atom stereocenters. The van der Waals surface area contributed by atoms with E-state index in [0.29, 0.717) is 23.0 Å². The van der Waals surface area contributed by atoms with Gasteiger partial charge < -0.3 is 16.2 Å². The number of hydrogen-bond acceptors (Lipinski definition) is 3. The Kier molecular flexibility index (Phi) is 5.15. The number of carbonyl (C=O) groups is 2. The summed E-state index contributed by atoms with van der Waals surface area (Å²) in [4.78, 5) is 21.6. The zero-order valence-electron chi connectivity index (χ0n) is 9.94. The van der Waals surface area contributed by atoms with Crippen molar-refractivity contribution in [3.8, 4) is 0 Å². The summed E-state index contributed by atoms with van der Waals surface area (Å²) in [7, 11) is 0. The van der Waals surface area contributed by atoms with Crippen LogP contribution in [0.2, 0.25) is 0 Å². The van der Waals surface area contributed by atoms with Gasteiger partial charge in [-0.1, -0.05) is 6.92 Å². The minimum absolute atomic E-state index is 0.383. The molecule has 0 fully saturated rings. The number of nitrogens with two attached hydrogens (primary N) is 1. The Hall–Kier alpha value is -1.56. The fourth-order valence-corrected chi connectivity index (χ4v) is 1.96. The summed E-state index contributed by atoms with van der Waals surface area (Å²) < 4.78 is 0.617. The second kappa shape index (κ2) is 6.39. The minimum atomic E-state index is -0.804. The van der Waals surface area contributed by atoms with Gasteiger partial charge in [-0.05, 0) is 40.5 Å². The van der Waals surface area contributed by atoms with E-state index in [1.54, 1.807) is 25.1 Å². The van der Waals surface area contributed by atoms with Crippen molar-refractivity contribution in [1.29, 1.82) is 0 Å². The predicted octanol–water partition coefficient (Wildman–Crippen LogP) is 2.07.